The summed E-state index contributed by atoms with van der Waals surface area (Å²) in [6.45, 7) is 6.20. The van der Waals surface area contributed by atoms with Crippen molar-refractivity contribution in [3.8, 4) is 11.4 Å². The van der Waals surface area contributed by atoms with E-state index in [9.17, 15) is 35.9 Å². The number of carboxylic acids is 1. The lowest BCUT2D eigenvalue weighted by Gasteiger charge is -2.34. The van der Waals surface area contributed by atoms with E-state index in [-0.39, 0.29) is 27.3 Å². The fourth-order valence-electron chi connectivity index (χ4n) is 3.70. The Balaban J connectivity index is 1.93. The van der Waals surface area contributed by atoms with Crippen LogP contribution in [0.1, 0.15) is 31.9 Å². The van der Waals surface area contributed by atoms with E-state index in [0.717, 1.165) is 18.0 Å². The Bertz CT molecular complexity index is 1700. The fourth-order valence-corrected chi connectivity index (χ4v) is 5.03. The minimum atomic E-state index is -4.79. The molecule has 0 radical (unpaired) electrons. The largest absolute Gasteiger partial charge is 0.480 e. The van der Waals surface area contributed by atoms with Gasteiger partial charge in [0.15, 0.2) is 23.1 Å². The smallest absolute Gasteiger partial charge is 0.417 e. The number of carbonyl (C=O) groups is 1. The molecule has 0 aliphatic heterocycles. The number of nitrogens with one attached hydrogen (secondary N) is 1. The number of benzene rings is 1. The molecule has 0 unspecified atom stereocenters. The maximum Gasteiger partial charge on any atom is 0.417 e. The van der Waals surface area contributed by atoms with Crippen LogP contribution in [-0.2, 0) is 21.0 Å². The van der Waals surface area contributed by atoms with Gasteiger partial charge in [-0.1, -0.05) is 17.7 Å². The number of hydrogen-bond acceptors (Lipinski definition) is 8. The van der Waals surface area contributed by atoms with Crippen LogP contribution in [0, 0.1) is 12.7 Å². The zero-order valence-electron chi connectivity index (χ0n) is 21.7. The molecule has 15 heteroatoms. The van der Waals surface area contributed by atoms with Crippen molar-refractivity contribution in [1.82, 2.24) is 23.9 Å². The molecular formula is C25H24F4N6O4S. The number of fused-ring (bicyclic) bond motifs is 1. The Morgan fingerprint density at radius 3 is 2.33 bits per heavy atom. The van der Waals surface area contributed by atoms with Crippen molar-refractivity contribution in [3.63, 3.8) is 0 Å². The Hall–Kier alpha value is -4.11. The number of nitrogens with zero attached hydrogens (tertiary/aromatic N) is 5. The molecule has 0 aliphatic carbocycles. The van der Waals surface area contributed by atoms with Crippen LogP contribution in [0.5, 0.6) is 0 Å². The molecule has 212 valence electrons. The van der Waals surface area contributed by atoms with Gasteiger partial charge in [-0.3, -0.25) is 10.2 Å². The first kappa shape index (κ1) is 28.9. The zero-order valence-corrected chi connectivity index (χ0v) is 22.5. The average Bonchev–Trinajstić information content (AvgIpc) is 3.24. The van der Waals surface area contributed by atoms with Gasteiger partial charge in [0.25, 0.3) is 10.0 Å². The van der Waals surface area contributed by atoms with Crippen LogP contribution in [0.25, 0.3) is 22.4 Å². The quantitative estimate of drug-likeness (QED) is 0.236. The second-order valence-corrected chi connectivity index (χ2v) is 11.7. The third-order valence-corrected chi connectivity index (χ3v) is 7.51. The summed E-state index contributed by atoms with van der Waals surface area (Å²) in [4.78, 5) is 23.0. The summed E-state index contributed by atoms with van der Waals surface area (Å²) in [7, 11) is -4.33. The van der Waals surface area contributed by atoms with Crippen molar-refractivity contribution in [1.29, 1.82) is 0 Å². The number of hydrazine groups is 1. The van der Waals surface area contributed by atoms with Crippen LogP contribution >= 0.6 is 0 Å². The second kappa shape index (κ2) is 10.1. The molecular weight excluding hydrogens is 556 g/mol. The summed E-state index contributed by atoms with van der Waals surface area (Å²) >= 11 is 0. The van der Waals surface area contributed by atoms with E-state index >= 15 is 0 Å². The van der Waals surface area contributed by atoms with Gasteiger partial charge in [0.05, 0.1) is 16.7 Å². The van der Waals surface area contributed by atoms with Crippen LogP contribution in [0.4, 0.5) is 23.4 Å². The van der Waals surface area contributed by atoms with Gasteiger partial charge < -0.3 is 5.11 Å². The highest BCUT2D eigenvalue weighted by atomic mass is 32.2. The number of pyridine rings is 1. The first-order valence-electron chi connectivity index (χ1n) is 11.7. The van der Waals surface area contributed by atoms with Gasteiger partial charge in [-0.15, -0.1) is 0 Å². The van der Waals surface area contributed by atoms with Gasteiger partial charge in [0, 0.05) is 28.9 Å². The SMILES string of the molecule is Cc1ccc(S(=O)(=O)n2cc(-c3ncc(F)c(NN(CC(=O)O)C(C)(C)C)n3)c3cc(C(F)(F)F)cnc32)cc1. The molecule has 0 atom stereocenters. The molecule has 10 nitrogen and oxygen atoms in total. The van der Waals surface area contributed by atoms with Gasteiger partial charge in [0.1, 0.15) is 6.54 Å². The van der Waals surface area contributed by atoms with Gasteiger partial charge in [-0.25, -0.2) is 36.7 Å². The molecule has 40 heavy (non-hydrogen) atoms. The van der Waals surface area contributed by atoms with Crippen molar-refractivity contribution < 1.29 is 35.9 Å². The third kappa shape index (κ3) is 5.74. The van der Waals surface area contributed by atoms with Gasteiger partial charge >= 0.3 is 12.1 Å². The topological polar surface area (TPSA) is 130 Å². The van der Waals surface area contributed by atoms with Gasteiger partial charge in [0.2, 0.25) is 0 Å². The maximum atomic E-state index is 14.7. The normalized spacial score (nSPS) is 12.7. The molecule has 1 aromatic carbocycles. The van der Waals surface area contributed by atoms with E-state index in [4.69, 9.17) is 0 Å². The van der Waals surface area contributed by atoms with Crippen LogP contribution in [0.3, 0.4) is 0 Å². The van der Waals surface area contributed by atoms with Gasteiger partial charge in [-0.05, 0) is 45.9 Å². The number of halogens is 4. The Kier molecular flexibility index (Phi) is 7.32. The number of anilines is 1. The van der Waals surface area contributed by atoms with Crippen molar-refractivity contribution in [2.45, 2.75) is 44.3 Å². The lowest BCUT2D eigenvalue weighted by atomic mass is 10.1. The van der Waals surface area contributed by atoms with E-state index in [1.807, 2.05) is 0 Å². The monoisotopic (exact) mass is 580 g/mol. The summed E-state index contributed by atoms with van der Waals surface area (Å²) in [5.74, 6) is -2.98. The van der Waals surface area contributed by atoms with Crippen molar-refractivity contribution in [2.24, 2.45) is 0 Å². The first-order valence-corrected chi connectivity index (χ1v) is 13.1. The number of aliphatic carboxylic acids is 1. The lowest BCUT2D eigenvalue weighted by molar-refractivity contribution is -0.139. The predicted octanol–water partition coefficient (Wildman–Crippen LogP) is 4.71. The summed E-state index contributed by atoms with van der Waals surface area (Å²) in [6.07, 6.45) is -2.52. The summed E-state index contributed by atoms with van der Waals surface area (Å²) in [5, 5.41) is 10.2. The molecule has 0 spiro atoms. The van der Waals surface area contributed by atoms with E-state index in [0.29, 0.717) is 16.2 Å². The van der Waals surface area contributed by atoms with Crippen molar-refractivity contribution in [3.05, 3.63) is 65.9 Å². The molecule has 3 heterocycles. The minimum absolute atomic E-state index is 0.139. The van der Waals surface area contributed by atoms with E-state index in [1.54, 1.807) is 39.8 Å². The maximum absolute atomic E-state index is 14.7. The van der Waals surface area contributed by atoms with E-state index < -0.39 is 51.5 Å². The minimum Gasteiger partial charge on any atom is -0.480 e. The van der Waals surface area contributed by atoms with Crippen LogP contribution in [0.15, 0.2) is 53.8 Å². The summed E-state index contributed by atoms with van der Waals surface area (Å²) < 4.78 is 83.1. The van der Waals surface area contributed by atoms with Crippen molar-refractivity contribution in [2.75, 3.05) is 12.0 Å². The first-order chi connectivity index (χ1) is 18.5. The van der Waals surface area contributed by atoms with E-state index in [2.05, 4.69) is 20.4 Å². The molecule has 0 bridgehead atoms. The Morgan fingerprint density at radius 2 is 1.75 bits per heavy atom. The molecule has 0 aliphatic rings. The molecule has 0 amide bonds. The third-order valence-electron chi connectivity index (χ3n) is 5.85. The van der Waals surface area contributed by atoms with Crippen molar-refractivity contribution >= 4 is 32.8 Å². The number of rotatable bonds is 7. The highest BCUT2D eigenvalue weighted by molar-refractivity contribution is 7.90. The fraction of sp³-hybridized carbons (Fsp3) is 0.280. The second-order valence-electron chi connectivity index (χ2n) is 9.90. The zero-order chi connectivity index (χ0) is 29.6. The van der Waals surface area contributed by atoms with Crippen LogP contribution in [0.2, 0.25) is 0 Å². The molecule has 3 aromatic heterocycles. The molecule has 0 fully saturated rings. The summed E-state index contributed by atoms with van der Waals surface area (Å²) in [6, 6.07) is 6.53. The van der Waals surface area contributed by atoms with E-state index in [1.165, 1.54) is 17.1 Å². The van der Waals surface area contributed by atoms with Gasteiger partial charge in [-0.2, -0.15) is 13.2 Å². The highest BCUT2D eigenvalue weighted by Gasteiger charge is 2.33. The Labute approximate surface area is 226 Å². The lowest BCUT2D eigenvalue weighted by Crippen LogP contribution is -2.48. The summed E-state index contributed by atoms with van der Waals surface area (Å²) in [5.41, 5.74) is 0.910. The van der Waals surface area contributed by atoms with Crippen LogP contribution in [-0.4, -0.2) is 55.5 Å². The van der Waals surface area contributed by atoms with Crippen LogP contribution < -0.4 is 5.43 Å². The standard InChI is InChI=1S/C25H24F4N6O4S/c1-14-5-7-16(8-6-14)40(38,39)34-12-18(17-9-15(25(27,28)29)10-31-23(17)34)21-30-11-19(26)22(32-21)33-35(13-20(36)37)24(2,3)4/h5-12H,13H2,1-4H3,(H,36,37)(H,30,32,33). The molecule has 4 aromatic rings. The molecule has 4 rings (SSSR count). The predicted molar refractivity (Wildman–Crippen MR) is 137 cm³/mol. The Morgan fingerprint density at radius 1 is 1.10 bits per heavy atom. The molecule has 2 N–H and O–H groups in total. The highest BCUT2D eigenvalue weighted by Crippen LogP contribution is 2.36. The number of alkyl halides is 3. The molecule has 0 saturated heterocycles. The molecule has 0 saturated carbocycles. The number of aryl methyl sites for hydroxylation is 1. The number of aromatic nitrogens is 4. The number of hydrogen-bond donors (Lipinski definition) is 2. The average molecular weight is 581 g/mol. The number of carboxylic acid groups (broad SMARTS) is 1.